The van der Waals surface area contributed by atoms with Gasteiger partial charge in [-0.25, -0.2) is 0 Å². The number of aliphatic hydroxyl groups is 1. The van der Waals surface area contributed by atoms with Crippen molar-refractivity contribution in [1.82, 2.24) is 15.5 Å². The zero-order chi connectivity index (χ0) is 13.9. The van der Waals surface area contributed by atoms with Crippen LogP contribution in [-0.2, 0) is 0 Å². The average molecular weight is 275 g/mol. The van der Waals surface area contributed by atoms with E-state index in [9.17, 15) is 5.11 Å². The number of hydrogen-bond acceptors (Lipinski definition) is 6. The van der Waals surface area contributed by atoms with Crippen molar-refractivity contribution >= 4 is 0 Å². The zero-order valence-electron chi connectivity index (χ0n) is 11.2. The summed E-state index contributed by atoms with van der Waals surface area (Å²) in [6, 6.07) is 7.52. The molecule has 0 bridgehead atoms. The highest BCUT2D eigenvalue weighted by Gasteiger charge is 2.28. The van der Waals surface area contributed by atoms with Gasteiger partial charge < -0.3 is 19.7 Å². The summed E-state index contributed by atoms with van der Waals surface area (Å²) in [6.45, 7) is 3.11. The van der Waals surface area contributed by atoms with Crippen molar-refractivity contribution in [3.8, 4) is 17.1 Å². The minimum absolute atomic E-state index is 0.0682. The lowest BCUT2D eigenvalue weighted by Gasteiger charge is -2.03. The van der Waals surface area contributed by atoms with Crippen LogP contribution >= 0.6 is 0 Å². The van der Waals surface area contributed by atoms with E-state index in [0.717, 1.165) is 11.3 Å². The molecule has 1 saturated heterocycles. The van der Waals surface area contributed by atoms with Gasteiger partial charge in [-0.15, -0.1) is 0 Å². The predicted molar refractivity (Wildman–Crippen MR) is 72.3 cm³/mol. The van der Waals surface area contributed by atoms with E-state index in [1.165, 1.54) is 0 Å². The zero-order valence-corrected chi connectivity index (χ0v) is 11.2. The third-order valence-corrected chi connectivity index (χ3v) is 3.25. The highest BCUT2D eigenvalue weighted by molar-refractivity contribution is 5.56. The van der Waals surface area contributed by atoms with Crippen molar-refractivity contribution in [2.75, 3.05) is 13.2 Å². The van der Waals surface area contributed by atoms with E-state index in [-0.39, 0.29) is 12.1 Å². The number of hydrogen-bond donors (Lipinski definition) is 2. The number of β-amino-alcohol motifs (C(OH)–C–C–N with tert-alkyl or cyclic N) is 1. The van der Waals surface area contributed by atoms with Gasteiger partial charge >= 0.3 is 0 Å². The van der Waals surface area contributed by atoms with Crippen molar-refractivity contribution < 1.29 is 14.4 Å². The molecule has 1 aliphatic heterocycles. The molecular weight excluding hydrogens is 258 g/mol. The second-order valence-electron chi connectivity index (χ2n) is 4.77. The quantitative estimate of drug-likeness (QED) is 0.880. The van der Waals surface area contributed by atoms with Crippen LogP contribution < -0.4 is 10.1 Å². The Morgan fingerprint density at radius 1 is 1.50 bits per heavy atom. The molecule has 0 saturated carbocycles. The largest absolute Gasteiger partial charge is 0.494 e. The molecule has 0 aliphatic carbocycles. The minimum Gasteiger partial charge on any atom is -0.494 e. The van der Waals surface area contributed by atoms with Gasteiger partial charge in [0.15, 0.2) is 0 Å². The van der Waals surface area contributed by atoms with Crippen LogP contribution in [-0.4, -0.2) is 34.5 Å². The molecule has 106 valence electrons. The number of aromatic nitrogens is 2. The van der Waals surface area contributed by atoms with Gasteiger partial charge in [-0.05, 0) is 25.5 Å². The minimum atomic E-state index is -0.350. The van der Waals surface area contributed by atoms with Gasteiger partial charge in [0.25, 0.3) is 0 Å². The summed E-state index contributed by atoms with van der Waals surface area (Å²) in [5, 5.41) is 16.7. The van der Waals surface area contributed by atoms with Gasteiger partial charge in [0.05, 0.1) is 18.8 Å². The van der Waals surface area contributed by atoms with Crippen LogP contribution in [0, 0.1) is 0 Å². The molecule has 1 fully saturated rings. The summed E-state index contributed by atoms with van der Waals surface area (Å²) >= 11 is 0. The van der Waals surface area contributed by atoms with Crippen LogP contribution in [0.4, 0.5) is 0 Å². The van der Waals surface area contributed by atoms with E-state index in [1.807, 2.05) is 31.2 Å². The maximum absolute atomic E-state index is 9.51. The second-order valence-corrected chi connectivity index (χ2v) is 4.77. The molecular formula is C14H17N3O3. The average Bonchev–Trinajstić information content (AvgIpc) is 3.08. The van der Waals surface area contributed by atoms with Gasteiger partial charge in [0, 0.05) is 12.1 Å². The van der Waals surface area contributed by atoms with Crippen molar-refractivity contribution in [2.24, 2.45) is 0 Å². The lowest BCUT2D eigenvalue weighted by Crippen LogP contribution is -2.15. The van der Waals surface area contributed by atoms with Crippen LogP contribution in [0.5, 0.6) is 5.75 Å². The maximum Gasteiger partial charge on any atom is 0.244 e. The molecule has 1 aliphatic rings. The summed E-state index contributed by atoms with van der Waals surface area (Å²) in [7, 11) is 0. The SMILES string of the molecule is CCOc1cccc(-c2noc([C@H]3C[C@H](O)CN3)n2)c1. The van der Waals surface area contributed by atoms with Crippen LogP contribution in [0.3, 0.4) is 0 Å². The molecule has 6 heteroatoms. The number of ether oxygens (including phenoxy) is 1. The Kier molecular flexibility index (Phi) is 3.66. The number of nitrogens with zero attached hydrogens (tertiary/aromatic N) is 2. The Morgan fingerprint density at radius 2 is 2.40 bits per heavy atom. The van der Waals surface area contributed by atoms with Gasteiger partial charge in [0.1, 0.15) is 5.75 Å². The van der Waals surface area contributed by atoms with Crippen molar-refractivity contribution in [3.63, 3.8) is 0 Å². The van der Waals surface area contributed by atoms with Crippen molar-refractivity contribution in [2.45, 2.75) is 25.5 Å². The molecule has 0 radical (unpaired) electrons. The van der Waals surface area contributed by atoms with E-state index in [4.69, 9.17) is 9.26 Å². The smallest absolute Gasteiger partial charge is 0.244 e. The predicted octanol–water partition coefficient (Wildman–Crippen LogP) is 1.53. The Bertz CT molecular complexity index is 585. The molecule has 2 N–H and O–H groups in total. The van der Waals surface area contributed by atoms with E-state index in [0.29, 0.717) is 31.3 Å². The molecule has 2 heterocycles. The van der Waals surface area contributed by atoms with E-state index in [1.54, 1.807) is 0 Å². The first-order chi connectivity index (χ1) is 9.76. The third kappa shape index (κ3) is 2.66. The fourth-order valence-corrected chi connectivity index (χ4v) is 2.29. The number of benzene rings is 1. The summed E-state index contributed by atoms with van der Waals surface area (Å²) < 4.78 is 10.7. The lowest BCUT2D eigenvalue weighted by atomic mass is 10.2. The first-order valence-electron chi connectivity index (χ1n) is 6.74. The monoisotopic (exact) mass is 275 g/mol. The van der Waals surface area contributed by atoms with Gasteiger partial charge in [-0.1, -0.05) is 17.3 Å². The summed E-state index contributed by atoms with van der Waals surface area (Å²) in [4.78, 5) is 4.39. The molecule has 0 amide bonds. The highest BCUT2D eigenvalue weighted by atomic mass is 16.5. The van der Waals surface area contributed by atoms with E-state index in [2.05, 4.69) is 15.5 Å². The lowest BCUT2D eigenvalue weighted by molar-refractivity contribution is 0.191. The normalized spacial score (nSPS) is 22.1. The topological polar surface area (TPSA) is 80.4 Å². The summed E-state index contributed by atoms with van der Waals surface area (Å²) in [5.74, 6) is 1.83. The molecule has 0 spiro atoms. The molecule has 6 nitrogen and oxygen atoms in total. The molecule has 20 heavy (non-hydrogen) atoms. The molecule has 2 aromatic rings. The van der Waals surface area contributed by atoms with Gasteiger partial charge in [0.2, 0.25) is 11.7 Å². The molecule has 2 atom stereocenters. The number of aliphatic hydroxyl groups excluding tert-OH is 1. The van der Waals surface area contributed by atoms with Crippen LogP contribution in [0.15, 0.2) is 28.8 Å². The Labute approximate surface area is 116 Å². The number of nitrogens with one attached hydrogen (secondary N) is 1. The fourth-order valence-electron chi connectivity index (χ4n) is 2.29. The Morgan fingerprint density at radius 3 is 3.15 bits per heavy atom. The molecule has 1 aromatic carbocycles. The van der Waals surface area contributed by atoms with Crippen molar-refractivity contribution in [1.29, 1.82) is 0 Å². The van der Waals surface area contributed by atoms with Gasteiger partial charge in [-0.2, -0.15) is 4.98 Å². The standard InChI is InChI=1S/C14H17N3O3/c1-2-19-11-5-3-4-9(6-11)13-16-14(20-17-13)12-7-10(18)8-15-12/h3-6,10,12,15,18H,2,7-8H2,1H3/t10-,12+/m0/s1. The van der Waals surface area contributed by atoms with Crippen LogP contribution in [0.1, 0.15) is 25.3 Å². The number of rotatable bonds is 4. The third-order valence-electron chi connectivity index (χ3n) is 3.25. The first kappa shape index (κ1) is 13.1. The molecule has 0 unspecified atom stereocenters. The van der Waals surface area contributed by atoms with E-state index >= 15 is 0 Å². The van der Waals surface area contributed by atoms with Crippen molar-refractivity contribution in [3.05, 3.63) is 30.2 Å². The first-order valence-corrected chi connectivity index (χ1v) is 6.74. The second kappa shape index (κ2) is 5.60. The maximum atomic E-state index is 9.51. The van der Waals surface area contributed by atoms with Gasteiger partial charge in [-0.3, -0.25) is 0 Å². The highest BCUT2D eigenvalue weighted by Crippen LogP contribution is 2.26. The molecule has 1 aromatic heterocycles. The Balaban J connectivity index is 1.81. The van der Waals surface area contributed by atoms with E-state index < -0.39 is 0 Å². The summed E-state index contributed by atoms with van der Waals surface area (Å²) in [6.07, 6.45) is 0.247. The summed E-state index contributed by atoms with van der Waals surface area (Å²) in [5.41, 5.74) is 0.851. The Hall–Kier alpha value is -1.92. The van der Waals surface area contributed by atoms with Crippen LogP contribution in [0.2, 0.25) is 0 Å². The van der Waals surface area contributed by atoms with Crippen LogP contribution in [0.25, 0.3) is 11.4 Å². The molecule has 3 rings (SSSR count). The fraction of sp³-hybridized carbons (Fsp3) is 0.429.